The molecule has 3 rings (SSSR count). The van der Waals surface area contributed by atoms with E-state index in [-0.39, 0.29) is 5.91 Å². The molecular formula is C19H19IN2O. The molecule has 2 aromatic carbocycles. The van der Waals surface area contributed by atoms with E-state index >= 15 is 0 Å². The molecule has 1 amide bonds. The van der Waals surface area contributed by atoms with Gasteiger partial charge in [-0.25, -0.2) is 0 Å². The van der Waals surface area contributed by atoms with Crippen LogP contribution in [0, 0.1) is 3.57 Å². The third kappa shape index (κ3) is 4.13. The summed E-state index contributed by atoms with van der Waals surface area (Å²) in [5, 5.41) is 0. The number of rotatable bonds is 3. The molecule has 1 fully saturated rings. The summed E-state index contributed by atoms with van der Waals surface area (Å²) in [6, 6.07) is 18.4. The first kappa shape index (κ1) is 16.1. The monoisotopic (exact) mass is 418 g/mol. The second-order valence-corrected chi connectivity index (χ2v) is 6.66. The van der Waals surface area contributed by atoms with Crippen molar-refractivity contribution in [3.05, 3.63) is 69.8 Å². The summed E-state index contributed by atoms with van der Waals surface area (Å²) in [5.41, 5.74) is 2.32. The van der Waals surface area contributed by atoms with Crippen LogP contribution in [0.3, 0.4) is 0 Å². The van der Waals surface area contributed by atoms with E-state index in [1.807, 2.05) is 41.3 Å². The minimum atomic E-state index is 0.0948. The molecule has 3 nitrogen and oxygen atoms in total. The quantitative estimate of drug-likeness (QED) is 0.561. The van der Waals surface area contributed by atoms with Gasteiger partial charge >= 0.3 is 0 Å². The number of carbonyl (C=O) groups is 1. The molecule has 1 saturated heterocycles. The largest absolute Gasteiger partial charge is 0.368 e. The minimum Gasteiger partial charge on any atom is -0.368 e. The first-order valence-electron chi connectivity index (χ1n) is 7.75. The Morgan fingerprint density at radius 2 is 1.57 bits per heavy atom. The summed E-state index contributed by atoms with van der Waals surface area (Å²) in [6.07, 6.45) is 3.60. The highest BCUT2D eigenvalue weighted by molar-refractivity contribution is 14.1. The number of hydrogen-bond donors (Lipinski definition) is 0. The number of benzene rings is 2. The fourth-order valence-electron chi connectivity index (χ4n) is 2.70. The highest BCUT2D eigenvalue weighted by Crippen LogP contribution is 2.16. The number of nitrogens with zero attached hydrogens (tertiary/aromatic N) is 2. The molecule has 4 heteroatoms. The molecule has 0 aliphatic carbocycles. The molecule has 0 unspecified atom stereocenters. The van der Waals surface area contributed by atoms with E-state index in [1.165, 1.54) is 5.69 Å². The summed E-state index contributed by atoms with van der Waals surface area (Å²) in [6.45, 7) is 3.30. The molecule has 0 radical (unpaired) electrons. The summed E-state index contributed by atoms with van der Waals surface area (Å²) < 4.78 is 1.16. The van der Waals surface area contributed by atoms with Gasteiger partial charge in [-0.2, -0.15) is 0 Å². The zero-order valence-corrected chi connectivity index (χ0v) is 15.0. The molecule has 0 aromatic heterocycles. The van der Waals surface area contributed by atoms with E-state index in [0.29, 0.717) is 0 Å². The number of carbonyl (C=O) groups excluding carboxylic acids is 1. The van der Waals surface area contributed by atoms with Crippen molar-refractivity contribution in [2.45, 2.75) is 0 Å². The molecule has 0 spiro atoms. The molecule has 0 bridgehead atoms. The number of halogens is 1. The third-order valence-electron chi connectivity index (χ3n) is 4.02. The van der Waals surface area contributed by atoms with Gasteiger partial charge in [0.15, 0.2) is 0 Å². The van der Waals surface area contributed by atoms with E-state index in [2.05, 4.69) is 51.8 Å². The lowest BCUT2D eigenvalue weighted by Gasteiger charge is -2.35. The fraction of sp³-hybridized carbons (Fsp3) is 0.211. The van der Waals surface area contributed by atoms with Crippen LogP contribution in [0.2, 0.25) is 0 Å². The Morgan fingerprint density at radius 1 is 0.913 bits per heavy atom. The zero-order valence-electron chi connectivity index (χ0n) is 12.9. The molecule has 1 heterocycles. The van der Waals surface area contributed by atoms with Gasteiger partial charge in [0.05, 0.1) is 0 Å². The van der Waals surface area contributed by atoms with E-state index < -0.39 is 0 Å². The maximum absolute atomic E-state index is 12.3. The summed E-state index contributed by atoms with van der Waals surface area (Å²) >= 11 is 2.29. The van der Waals surface area contributed by atoms with Gasteiger partial charge in [0.25, 0.3) is 0 Å². The Balaban J connectivity index is 1.57. The fourth-order valence-corrected chi connectivity index (χ4v) is 3.27. The highest BCUT2D eigenvalue weighted by Gasteiger charge is 2.19. The van der Waals surface area contributed by atoms with E-state index in [0.717, 1.165) is 35.3 Å². The smallest absolute Gasteiger partial charge is 0.246 e. The molecule has 1 aliphatic heterocycles. The number of para-hydroxylation sites is 1. The van der Waals surface area contributed by atoms with Crippen molar-refractivity contribution in [2.75, 3.05) is 31.1 Å². The highest BCUT2D eigenvalue weighted by atomic mass is 127. The van der Waals surface area contributed by atoms with Crippen molar-refractivity contribution in [3.8, 4) is 0 Å². The second kappa shape index (κ2) is 7.64. The van der Waals surface area contributed by atoms with Crippen LogP contribution < -0.4 is 4.90 Å². The SMILES string of the molecule is O=C(/C=C/c1ccccc1I)N1CCN(c2ccccc2)CC1. The van der Waals surface area contributed by atoms with Gasteiger partial charge in [0, 0.05) is 41.5 Å². The Labute approximate surface area is 150 Å². The summed E-state index contributed by atoms with van der Waals surface area (Å²) in [4.78, 5) is 16.6. The predicted octanol–water partition coefficient (Wildman–Crippen LogP) is 3.65. The number of hydrogen-bond acceptors (Lipinski definition) is 2. The van der Waals surface area contributed by atoms with Crippen molar-refractivity contribution >= 4 is 40.3 Å². The molecule has 118 valence electrons. The van der Waals surface area contributed by atoms with Crippen LogP contribution in [0.15, 0.2) is 60.7 Å². The van der Waals surface area contributed by atoms with Crippen LogP contribution in [0.4, 0.5) is 5.69 Å². The zero-order chi connectivity index (χ0) is 16.1. The molecule has 0 saturated carbocycles. The molecule has 2 aromatic rings. The van der Waals surface area contributed by atoms with Crippen molar-refractivity contribution in [1.29, 1.82) is 0 Å². The Kier molecular flexibility index (Phi) is 5.33. The van der Waals surface area contributed by atoms with Gasteiger partial charge in [0.1, 0.15) is 0 Å². The van der Waals surface area contributed by atoms with Gasteiger partial charge in [0.2, 0.25) is 5.91 Å². The van der Waals surface area contributed by atoms with Gasteiger partial charge < -0.3 is 9.80 Å². The molecule has 1 aliphatic rings. The molecule has 0 N–H and O–H groups in total. The van der Waals surface area contributed by atoms with Crippen molar-refractivity contribution in [2.24, 2.45) is 0 Å². The van der Waals surface area contributed by atoms with E-state index in [1.54, 1.807) is 6.08 Å². The normalized spacial score (nSPS) is 15.2. The average molecular weight is 418 g/mol. The summed E-state index contributed by atoms with van der Waals surface area (Å²) in [7, 11) is 0. The minimum absolute atomic E-state index is 0.0948. The average Bonchev–Trinajstić information content (AvgIpc) is 2.62. The Hall–Kier alpha value is -1.82. The Morgan fingerprint density at radius 3 is 2.26 bits per heavy atom. The van der Waals surface area contributed by atoms with Crippen molar-refractivity contribution in [1.82, 2.24) is 4.90 Å². The third-order valence-corrected chi connectivity index (χ3v) is 5.01. The van der Waals surface area contributed by atoms with Crippen molar-refractivity contribution in [3.63, 3.8) is 0 Å². The predicted molar refractivity (Wildman–Crippen MR) is 103 cm³/mol. The maximum Gasteiger partial charge on any atom is 0.246 e. The van der Waals surface area contributed by atoms with Gasteiger partial charge in [-0.3, -0.25) is 4.79 Å². The Bertz CT molecular complexity index is 692. The van der Waals surface area contributed by atoms with Crippen LogP contribution >= 0.6 is 22.6 Å². The van der Waals surface area contributed by atoms with E-state index in [9.17, 15) is 4.79 Å². The van der Waals surface area contributed by atoms with Gasteiger partial charge in [-0.1, -0.05) is 36.4 Å². The van der Waals surface area contributed by atoms with Crippen LogP contribution in [0.25, 0.3) is 6.08 Å². The first-order valence-corrected chi connectivity index (χ1v) is 8.83. The molecular weight excluding hydrogens is 399 g/mol. The molecule has 0 atom stereocenters. The van der Waals surface area contributed by atoms with Gasteiger partial charge in [-0.15, -0.1) is 0 Å². The number of piperazine rings is 1. The lowest BCUT2D eigenvalue weighted by molar-refractivity contribution is -0.126. The number of amides is 1. The lowest BCUT2D eigenvalue weighted by atomic mass is 10.2. The standard InChI is InChI=1S/C19H19IN2O/c20-18-9-5-4-6-16(18)10-11-19(23)22-14-12-21(13-15-22)17-7-2-1-3-8-17/h1-11H,12-15H2/b11-10+. The van der Waals surface area contributed by atoms with E-state index in [4.69, 9.17) is 0 Å². The van der Waals surface area contributed by atoms with Crippen LogP contribution in [0.1, 0.15) is 5.56 Å². The van der Waals surface area contributed by atoms with Gasteiger partial charge in [-0.05, 0) is 52.4 Å². The van der Waals surface area contributed by atoms with Crippen LogP contribution in [-0.2, 0) is 4.79 Å². The summed E-state index contributed by atoms with van der Waals surface area (Å²) in [5.74, 6) is 0.0948. The first-order chi connectivity index (χ1) is 11.2. The maximum atomic E-state index is 12.3. The van der Waals surface area contributed by atoms with Crippen LogP contribution in [-0.4, -0.2) is 37.0 Å². The van der Waals surface area contributed by atoms with Crippen molar-refractivity contribution < 1.29 is 4.79 Å². The van der Waals surface area contributed by atoms with Crippen LogP contribution in [0.5, 0.6) is 0 Å². The number of anilines is 1. The molecule has 23 heavy (non-hydrogen) atoms. The second-order valence-electron chi connectivity index (χ2n) is 5.50. The topological polar surface area (TPSA) is 23.6 Å². The lowest BCUT2D eigenvalue weighted by Crippen LogP contribution is -2.48.